The molecular formula is C23H30BrN3O4S. The molecule has 2 aromatic carbocycles. The van der Waals surface area contributed by atoms with Gasteiger partial charge in [0.2, 0.25) is 21.8 Å². The molecule has 1 unspecified atom stereocenters. The van der Waals surface area contributed by atoms with E-state index in [2.05, 4.69) is 21.2 Å². The van der Waals surface area contributed by atoms with Gasteiger partial charge in [-0.15, -0.1) is 0 Å². The van der Waals surface area contributed by atoms with E-state index in [0.717, 1.165) is 31.7 Å². The van der Waals surface area contributed by atoms with Gasteiger partial charge in [-0.05, 0) is 56.5 Å². The number of rotatable bonds is 9. The lowest BCUT2D eigenvalue weighted by molar-refractivity contribution is -0.139. The number of nitrogens with one attached hydrogen (secondary N) is 1. The zero-order chi connectivity index (χ0) is 24.1. The quantitative estimate of drug-likeness (QED) is 0.545. The zero-order valence-electron chi connectivity index (χ0n) is 19.1. The molecule has 2 rings (SSSR count). The SMILES string of the molecule is CCNC(=O)C(C)N(Cc1ccc(Br)cc1)C(=O)CN(c1c(C)cccc1C)S(C)(=O)=O. The summed E-state index contributed by atoms with van der Waals surface area (Å²) in [5.74, 6) is -0.754. The van der Waals surface area contributed by atoms with Crippen molar-refractivity contribution in [2.45, 2.75) is 40.3 Å². The number of likely N-dealkylation sites (N-methyl/N-ethyl adjacent to an activating group) is 1. The summed E-state index contributed by atoms with van der Waals surface area (Å²) in [7, 11) is -3.75. The predicted octanol–water partition coefficient (Wildman–Crippen LogP) is 3.39. The molecule has 0 heterocycles. The van der Waals surface area contributed by atoms with E-state index in [9.17, 15) is 18.0 Å². The van der Waals surface area contributed by atoms with Gasteiger partial charge in [0.05, 0.1) is 11.9 Å². The van der Waals surface area contributed by atoms with Gasteiger partial charge in [0.1, 0.15) is 12.6 Å². The number of carbonyl (C=O) groups is 2. The number of aryl methyl sites for hydroxylation is 2. The molecular weight excluding hydrogens is 494 g/mol. The molecule has 0 aliphatic rings. The number of halogens is 1. The van der Waals surface area contributed by atoms with Crippen LogP contribution in [0.3, 0.4) is 0 Å². The molecule has 0 radical (unpaired) electrons. The second kappa shape index (κ2) is 11.0. The number of carbonyl (C=O) groups excluding carboxylic acids is 2. The Bertz CT molecular complexity index is 1050. The van der Waals surface area contributed by atoms with Crippen LogP contribution in [0.4, 0.5) is 5.69 Å². The maximum Gasteiger partial charge on any atom is 0.244 e. The number of benzene rings is 2. The third kappa shape index (κ3) is 6.56. The lowest BCUT2D eigenvalue weighted by Gasteiger charge is -2.32. The van der Waals surface area contributed by atoms with Gasteiger partial charge in [0.25, 0.3) is 0 Å². The topological polar surface area (TPSA) is 86.8 Å². The Morgan fingerprint density at radius 1 is 1.06 bits per heavy atom. The molecule has 1 N–H and O–H groups in total. The highest BCUT2D eigenvalue weighted by molar-refractivity contribution is 9.10. The average Bonchev–Trinajstić information content (AvgIpc) is 2.71. The van der Waals surface area contributed by atoms with Crippen LogP contribution in [-0.4, -0.2) is 50.5 Å². The van der Waals surface area contributed by atoms with E-state index in [1.165, 1.54) is 4.90 Å². The van der Waals surface area contributed by atoms with Crippen molar-refractivity contribution in [1.82, 2.24) is 10.2 Å². The molecule has 0 aliphatic carbocycles. The monoisotopic (exact) mass is 523 g/mol. The van der Waals surface area contributed by atoms with Crippen LogP contribution < -0.4 is 9.62 Å². The predicted molar refractivity (Wildman–Crippen MR) is 131 cm³/mol. The Kier molecular flexibility index (Phi) is 8.86. The number of anilines is 1. The van der Waals surface area contributed by atoms with E-state index in [1.54, 1.807) is 13.8 Å². The third-order valence-electron chi connectivity index (χ3n) is 5.15. The van der Waals surface area contributed by atoms with Gasteiger partial charge in [-0.1, -0.05) is 46.3 Å². The fourth-order valence-corrected chi connectivity index (χ4v) is 4.69. The molecule has 0 aliphatic heterocycles. The first kappa shape index (κ1) is 25.9. The largest absolute Gasteiger partial charge is 0.355 e. The highest BCUT2D eigenvalue weighted by atomic mass is 79.9. The summed E-state index contributed by atoms with van der Waals surface area (Å²) in [6, 6.07) is 12.1. The first-order valence-electron chi connectivity index (χ1n) is 10.3. The summed E-state index contributed by atoms with van der Waals surface area (Å²) in [5.41, 5.74) is 2.81. The van der Waals surface area contributed by atoms with Gasteiger partial charge in [-0.2, -0.15) is 0 Å². The summed E-state index contributed by atoms with van der Waals surface area (Å²) >= 11 is 3.39. The number of hydrogen-bond acceptors (Lipinski definition) is 4. The Hall–Kier alpha value is -2.39. The minimum Gasteiger partial charge on any atom is -0.355 e. The van der Waals surface area contributed by atoms with Crippen molar-refractivity contribution in [3.05, 3.63) is 63.6 Å². The average molecular weight is 524 g/mol. The van der Waals surface area contributed by atoms with Crippen molar-refractivity contribution in [3.8, 4) is 0 Å². The van der Waals surface area contributed by atoms with E-state index in [1.807, 2.05) is 56.3 Å². The Labute approximate surface area is 199 Å². The Morgan fingerprint density at radius 3 is 2.12 bits per heavy atom. The summed E-state index contributed by atoms with van der Waals surface area (Å²) < 4.78 is 27.4. The standard InChI is InChI=1S/C23H30BrN3O4S/c1-6-25-23(29)18(4)26(14-19-10-12-20(24)13-11-19)21(28)15-27(32(5,30)31)22-16(2)8-7-9-17(22)3/h7-13,18H,6,14-15H2,1-5H3,(H,25,29). The van der Waals surface area contributed by atoms with Crippen LogP contribution >= 0.6 is 15.9 Å². The highest BCUT2D eigenvalue weighted by Gasteiger charge is 2.30. The number of amides is 2. The zero-order valence-corrected chi connectivity index (χ0v) is 21.5. The normalized spacial score (nSPS) is 12.2. The first-order chi connectivity index (χ1) is 15.0. The minimum atomic E-state index is -3.75. The third-order valence-corrected chi connectivity index (χ3v) is 6.79. The van der Waals surface area contributed by atoms with Crippen LogP contribution in [0, 0.1) is 13.8 Å². The molecule has 9 heteroatoms. The van der Waals surface area contributed by atoms with Crippen LogP contribution in [0.15, 0.2) is 46.9 Å². The Balaban J connectivity index is 2.43. The van der Waals surface area contributed by atoms with Crippen LogP contribution in [-0.2, 0) is 26.2 Å². The molecule has 2 amide bonds. The van der Waals surface area contributed by atoms with Crippen LogP contribution in [0.1, 0.15) is 30.5 Å². The van der Waals surface area contributed by atoms with E-state index in [0.29, 0.717) is 12.2 Å². The molecule has 1 atom stereocenters. The van der Waals surface area contributed by atoms with Gasteiger partial charge < -0.3 is 10.2 Å². The van der Waals surface area contributed by atoms with E-state index < -0.39 is 28.5 Å². The van der Waals surface area contributed by atoms with Crippen molar-refractivity contribution < 1.29 is 18.0 Å². The summed E-state index contributed by atoms with van der Waals surface area (Å²) in [4.78, 5) is 27.4. The number of nitrogens with zero attached hydrogens (tertiary/aromatic N) is 2. The van der Waals surface area contributed by atoms with Crippen molar-refractivity contribution in [3.63, 3.8) is 0 Å². The van der Waals surface area contributed by atoms with E-state index in [-0.39, 0.29) is 12.5 Å². The smallest absolute Gasteiger partial charge is 0.244 e. The number of sulfonamides is 1. The van der Waals surface area contributed by atoms with Crippen molar-refractivity contribution in [1.29, 1.82) is 0 Å². The molecule has 0 saturated heterocycles. The highest BCUT2D eigenvalue weighted by Crippen LogP contribution is 2.27. The van der Waals surface area contributed by atoms with Gasteiger partial charge in [-0.25, -0.2) is 8.42 Å². The van der Waals surface area contributed by atoms with Gasteiger partial charge >= 0.3 is 0 Å². The molecule has 2 aromatic rings. The van der Waals surface area contributed by atoms with Crippen LogP contribution in [0.5, 0.6) is 0 Å². The maximum atomic E-state index is 13.4. The van der Waals surface area contributed by atoms with Crippen LogP contribution in [0.25, 0.3) is 0 Å². The van der Waals surface area contributed by atoms with Gasteiger partial charge in [-0.3, -0.25) is 13.9 Å². The maximum absolute atomic E-state index is 13.4. The lowest BCUT2D eigenvalue weighted by atomic mass is 10.1. The van der Waals surface area contributed by atoms with Crippen molar-refractivity contribution >= 4 is 43.5 Å². The molecule has 0 spiro atoms. The fraction of sp³-hybridized carbons (Fsp3) is 0.391. The Morgan fingerprint density at radius 2 is 1.62 bits per heavy atom. The van der Waals surface area contributed by atoms with E-state index >= 15 is 0 Å². The summed E-state index contributed by atoms with van der Waals surface area (Å²) in [5, 5.41) is 2.74. The lowest BCUT2D eigenvalue weighted by Crippen LogP contribution is -2.51. The fourth-order valence-electron chi connectivity index (χ4n) is 3.47. The summed E-state index contributed by atoms with van der Waals surface area (Å²) in [6.07, 6.45) is 1.08. The van der Waals surface area contributed by atoms with Crippen molar-refractivity contribution in [2.24, 2.45) is 0 Å². The second-order valence-electron chi connectivity index (χ2n) is 7.73. The molecule has 0 saturated carbocycles. The van der Waals surface area contributed by atoms with Gasteiger partial charge in [0, 0.05) is 17.6 Å². The molecule has 174 valence electrons. The van der Waals surface area contributed by atoms with Crippen LogP contribution in [0.2, 0.25) is 0 Å². The number of para-hydroxylation sites is 1. The minimum absolute atomic E-state index is 0.175. The first-order valence-corrected chi connectivity index (χ1v) is 12.9. The second-order valence-corrected chi connectivity index (χ2v) is 10.6. The summed E-state index contributed by atoms with van der Waals surface area (Å²) in [6.45, 7) is 7.27. The van der Waals surface area contributed by atoms with E-state index in [4.69, 9.17) is 0 Å². The molecule has 7 nitrogen and oxygen atoms in total. The van der Waals surface area contributed by atoms with Crippen molar-refractivity contribution in [2.75, 3.05) is 23.7 Å². The number of hydrogen-bond donors (Lipinski definition) is 1. The molecule has 32 heavy (non-hydrogen) atoms. The molecule has 0 aromatic heterocycles. The molecule has 0 bridgehead atoms. The molecule has 0 fully saturated rings. The van der Waals surface area contributed by atoms with Gasteiger partial charge in [0.15, 0.2) is 0 Å².